The maximum absolute atomic E-state index is 10.7. The van der Waals surface area contributed by atoms with Crippen LogP contribution in [0.25, 0.3) is 0 Å². The monoisotopic (exact) mass is 406 g/mol. The first-order valence-corrected chi connectivity index (χ1v) is 20.1. The number of aliphatic hydroxyl groups is 3. The van der Waals surface area contributed by atoms with Crippen LogP contribution in [0.1, 0.15) is 33.6 Å². The Morgan fingerprint density at radius 2 is 1.68 bits per heavy atom. The number of aliphatic hydroxyl groups excluding tert-OH is 3. The molecule has 0 aromatic heterocycles. The maximum atomic E-state index is 10.7. The molecule has 1 saturated heterocycles. The highest BCUT2D eigenvalue weighted by atomic mass is 29.3. The molecule has 1 aliphatic rings. The van der Waals surface area contributed by atoms with E-state index in [0.717, 1.165) is 18.9 Å². The smallest absolute Gasteiger partial charge is 0.175 e. The zero-order valence-corrected chi connectivity index (χ0v) is 20.9. The third-order valence-electron chi connectivity index (χ3n) is 7.47. The van der Waals surface area contributed by atoms with E-state index in [4.69, 9.17) is 4.43 Å². The fourth-order valence-electron chi connectivity index (χ4n) is 4.86. The molecule has 3 N–H and O–H groups in total. The van der Waals surface area contributed by atoms with E-state index in [2.05, 4.69) is 60.1 Å². The predicted molar refractivity (Wildman–Crippen MR) is 114 cm³/mol. The molecule has 1 fully saturated rings. The lowest BCUT2D eigenvalue weighted by Gasteiger charge is -2.58. The van der Waals surface area contributed by atoms with E-state index in [0.29, 0.717) is 5.54 Å². The Morgan fingerprint density at radius 1 is 1.16 bits per heavy atom. The van der Waals surface area contributed by atoms with Crippen molar-refractivity contribution in [2.24, 2.45) is 0 Å². The molecule has 0 aliphatic carbocycles. The summed E-state index contributed by atoms with van der Waals surface area (Å²) in [6.45, 7) is 20.7. The summed E-state index contributed by atoms with van der Waals surface area (Å²) in [6, 6.07) is 1.14. The summed E-state index contributed by atoms with van der Waals surface area (Å²) < 4.78 is 6.99. The summed E-state index contributed by atoms with van der Waals surface area (Å²) in [5.74, 6) is 0. The molecule has 7 heteroatoms. The Morgan fingerprint density at radius 3 is 2.04 bits per heavy atom. The van der Waals surface area contributed by atoms with E-state index in [1.165, 1.54) is 0 Å². The van der Waals surface area contributed by atoms with Gasteiger partial charge in [0.1, 0.15) is 6.10 Å². The zero-order valence-electron chi connectivity index (χ0n) is 17.9. The van der Waals surface area contributed by atoms with Crippen LogP contribution in [0.15, 0.2) is 0 Å². The van der Waals surface area contributed by atoms with Gasteiger partial charge in [0, 0.05) is 0 Å². The van der Waals surface area contributed by atoms with Gasteiger partial charge >= 0.3 is 0 Å². The van der Waals surface area contributed by atoms with Gasteiger partial charge in [-0.15, -0.1) is 0 Å². The van der Waals surface area contributed by atoms with Gasteiger partial charge in [-0.3, -0.25) is 0 Å². The third-order valence-corrected chi connectivity index (χ3v) is 28.5. The van der Waals surface area contributed by atoms with Crippen LogP contribution in [0, 0.1) is 0 Å². The molecule has 1 rings (SSSR count). The van der Waals surface area contributed by atoms with Crippen molar-refractivity contribution in [2.45, 2.75) is 108 Å². The molecule has 1 heterocycles. The molecule has 1 aliphatic heterocycles. The summed E-state index contributed by atoms with van der Waals surface area (Å²) in [5, 5.41) is 30.0. The normalized spacial score (nSPS) is 35.0. The quantitative estimate of drug-likeness (QED) is 0.563. The van der Waals surface area contributed by atoms with Gasteiger partial charge in [-0.2, -0.15) is 0 Å². The maximum Gasteiger partial charge on any atom is 0.175 e. The van der Waals surface area contributed by atoms with Gasteiger partial charge in [-0.25, -0.2) is 0 Å². The average molecular weight is 407 g/mol. The van der Waals surface area contributed by atoms with Crippen molar-refractivity contribution in [3.05, 3.63) is 0 Å². The highest BCUT2D eigenvalue weighted by Gasteiger charge is 2.60. The first-order valence-electron chi connectivity index (χ1n) is 9.83. The lowest BCUT2D eigenvalue weighted by Crippen LogP contribution is -2.71. The molecule has 6 unspecified atom stereocenters. The molecule has 0 aromatic rings. The van der Waals surface area contributed by atoms with Crippen LogP contribution in [-0.2, 0) is 4.43 Å². The SMILES string of the molecule is CCC(C(O)C(O)CO)[Si]1(C)CCC(C)(C(C)[Si](C)(C)C)O[Si]1(C)C. The van der Waals surface area contributed by atoms with E-state index in [1.807, 2.05) is 0 Å². The van der Waals surface area contributed by atoms with E-state index in [-0.39, 0.29) is 17.7 Å². The fraction of sp³-hybridized carbons (Fsp3) is 1.00. The molecular formula is C18H42O4Si3. The van der Waals surface area contributed by atoms with Crippen LogP contribution >= 0.6 is 0 Å². The molecule has 0 amide bonds. The molecule has 0 saturated carbocycles. The second-order valence-corrected chi connectivity index (χ2v) is 30.1. The lowest BCUT2D eigenvalue weighted by molar-refractivity contribution is -0.0194. The summed E-state index contributed by atoms with van der Waals surface area (Å²) >= 11 is 0. The number of hydrogen-bond acceptors (Lipinski definition) is 4. The lowest BCUT2D eigenvalue weighted by atomic mass is 10.00. The van der Waals surface area contributed by atoms with Crippen molar-refractivity contribution in [1.82, 2.24) is 0 Å². The van der Waals surface area contributed by atoms with Gasteiger partial charge < -0.3 is 19.7 Å². The van der Waals surface area contributed by atoms with E-state index < -0.39 is 35.7 Å². The zero-order chi connectivity index (χ0) is 19.8. The minimum Gasteiger partial charge on any atom is -0.415 e. The Kier molecular flexibility index (Phi) is 7.39. The molecule has 0 aromatic carbocycles. The van der Waals surface area contributed by atoms with Crippen molar-refractivity contribution in [1.29, 1.82) is 0 Å². The van der Waals surface area contributed by atoms with Crippen LogP contribution in [-0.4, -0.2) is 63.2 Å². The number of rotatable bonds is 7. The van der Waals surface area contributed by atoms with Crippen LogP contribution in [0.5, 0.6) is 0 Å². The van der Waals surface area contributed by atoms with Gasteiger partial charge in [0.25, 0.3) is 0 Å². The first kappa shape index (κ1) is 23.5. The van der Waals surface area contributed by atoms with Crippen molar-refractivity contribution < 1.29 is 19.7 Å². The molecule has 25 heavy (non-hydrogen) atoms. The Bertz CT molecular complexity index is 454. The molecule has 0 radical (unpaired) electrons. The van der Waals surface area contributed by atoms with E-state index in [1.54, 1.807) is 0 Å². The first-order chi connectivity index (χ1) is 11.2. The second kappa shape index (κ2) is 7.85. The van der Waals surface area contributed by atoms with E-state index >= 15 is 0 Å². The highest BCUT2D eigenvalue weighted by Crippen LogP contribution is 2.52. The molecule has 4 nitrogen and oxygen atoms in total. The Balaban J connectivity index is 3.17. The van der Waals surface area contributed by atoms with Crippen LogP contribution in [0.2, 0.25) is 56.4 Å². The van der Waals surface area contributed by atoms with Crippen molar-refractivity contribution in [3.8, 4) is 0 Å². The summed E-state index contributed by atoms with van der Waals surface area (Å²) in [4.78, 5) is 0. The Hall–Kier alpha value is 0.491. The molecular weight excluding hydrogens is 364 g/mol. The Labute approximate surface area is 157 Å². The molecule has 0 bridgehead atoms. The standard InChI is InChI=1S/C18H42O4Si3/c1-10-16(17(21)15(20)13-19)25(9)12-11-18(3,22-24(25,7)8)14(2)23(4,5)6/h14-17,19-21H,10-13H2,1-9H3. The minimum absolute atomic E-state index is 0.0639. The average Bonchev–Trinajstić information content (AvgIpc) is 2.49. The predicted octanol–water partition coefficient (Wildman–Crippen LogP) is 3.75. The van der Waals surface area contributed by atoms with Crippen LogP contribution < -0.4 is 0 Å². The van der Waals surface area contributed by atoms with Crippen molar-refractivity contribution in [2.75, 3.05) is 6.61 Å². The van der Waals surface area contributed by atoms with E-state index in [9.17, 15) is 15.3 Å². The van der Waals surface area contributed by atoms with Crippen LogP contribution in [0.3, 0.4) is 0 Å². The fourth-order valence-corrected chi connectivity index (χ4v) is 20.8. The summed E-state index contributed by atoms with van der Waals surface area (Å²) in [7, 11) is -5.26. The molecule has 150 valence electrons. The summed E-state index contributed by atoms with van der Waals surface area (Å²) in [6.07, 6.45) is -0.00838. The van der Waals surface area contributed by atoms with Gasteiger partial charge in [0.05, 0.1) is 34.0 Å². The topological polar surface area (TPSA) is 69.9 Å². The van der Waals surface area contributed by atoms with Gasteiger partial charge in [-0.05, 0) is 37.5 Å². The largest absolute Gasteiger partial charge is 0.415 e. The molecule has 6 atom stereocenters. The van der Waals surface area contributed by atoms with Gasteiger partial charge in [0.2, 0.25) is 0 Å². The highest BCUT2D eigenvalue weighted by molar-refractivity contribution is 7.39. The minimum atomic E-state index is -2.02. The van der Waals surface area contributed by atoms with Crippen molar-refractivity contribution in [3.63, 3.8) is 0 Å². The van der Waals surface area contributed by atoms with Gasteiger partial charge in [0.15, 0.2) is 7.83 Å². The third kappa shape index (κ3) is 4.50. The van der Waals surface area contributed by atoms with Crippen molar-refractivity contribution >= 4 is 23.5 Å². The van der Waals surface area contributed by atoms with Crippen LogP contribution in [0.4, 0.5) is 0 Å². The molecule has 0 spiro atoms. The number of hydrogen-bond donors (Lipinski definition) is 3. The second-order valence-electron chi connectivity index (χ2n) is 10.2. The summed E-state index contributed by atoms with van der Waals surface area (Å²) in [5.41, 5.74) is 0.590. The van der Waals surface area contributed by atoms with Gasteiger partial charge in [-0.1, -0.05) is 52.5 Å².